The molecule has 0 spiro atoms. The summed E-state index contributed by atoms with van der Waals surface area (Å²) >= 11 is 0. The Balaban J connectivity index is 2.22. The summed E-state index contributed by atoms with van der Waals surface area (Å²) in [7, 11) is 0. The highest BCUT2D eigenvalue weighted by atomic mass is 16.5. The van der Waals surface area contributed by atoms with Gasteiger partial charge in [0.1, 0.15) is 6.10 Å². The van der Waals surface area contributed by atoms with Gasteiger partial charge in [-0.1, -0.05) is 6.92 Å². The van der Waals surface area contributed by atoms with E-state index in [0.29, 0.717) is 0 Å². The molecule has 1 rings (SSSR count). The molecule has 0 saturated heterocycles. The van der Waals surface area contributed by atoms with Crippen LogP contribution in [0.3, 0.4) is 0 Å². The molecule has 0 bridgehead atoms. The molecule has 1 aliphatic carbocycles. The first kappa shape index (κ1) is 8.57. The molecule has 1 aliphatic rings. The Morgan fingerprint density at radius 1 is 1.27 bits per heavy atom. The number of esters is 1. The maximum Gasteiger partial charge on any atom is 0.302 e. The Kier molecular flexibility index (Phi) is 2.92. The summed E-state index contributed by atoms with van der Waals surface area (Å²) in [5.41, 5.74) is 0. The van der Waals surface area contributed by atoms with E-state index in [9.17, 15) is 4.79 Å². The topological polar surface area (TPSA) is 26.3 Å². The highest BCUT2D eigenvalue weighted by Crippen LogP contribution is 2.25. The van der Waals surface area contributed by atoms with Gasteiger partial charge < -0.3 is 4.74 Å². The van der Waals surface area contributed by atoms with Crippen LogP contribution in [0.25, 0.3) is 0 Å². The average molecular weight is 156 g/mol. The van der Waals surface area contributed by atoms with Crippen molar-refractivity contribution in [1.82, 2.24) is 0 Å². The molecule has 2 nitrogen and oxygen atoms in total. The molecule has 0 aromatic rings. The van der Waals surface area contributed by atoms with E-state index in [0.717, 1.165) is 18.8 Å². The van der Waals surface area contributed by atoms with Crippen LogP contribution in [-0.4, -0.2) is 12.1 Å². The minimum atomic E-state index is -0.135. The Morgan fingerprint density at radius 3 is 2.27 bits per heavy atom. The summed E-state index contributed by atoms with van der Waals surface area (Å²) in [6.07, 6.45) is 4.74. The lowest BCUT2D eigenvalue weighted by molar-refractivity contribution is -0.148. The molecule has 11 heavy (non-hydrogen) atoms. The fourth-order valence-corrected chi connectivity index (χ4v) is 1.58. The number of carbonyl (C=O) groups is 1. The van der Waals surface area contributed by atoms with Crippen LogP contribution in [0.2, 0.25) is 0 Å². The van der Waals surface area contributed by atoms with Crippen molar-refractivity contribution in [3.8, 4) is 0 Å². The van der Waals surface area contributed by atoms with Crippen molar-refractivity contribution in [2.45, 2.75) is 45.6 Å². The molecule has 1 fully saturated rings. The lowest BCUT2D eigenvalue weighted by atomic mass is 9.89. The van der Waals surface area contributed by atoms with Crippen LogP contribution in [0.15, 0.2) is 0 Å². The summed E-state index contributed by atoms with van der Waals surface area (Å²) in [5.74, 6) is 0.686. The highest BCUT2D eigenvalue weighted by molar-refractivity contribution is 5.66. The number of hydrogen-bond acceptors (Lipinski definition) is 2. The molecule has 2 heteroatoms. The fourth-order valence-electron chi connectivity index (χ4n) is 1.58. The molecule has 0 atom stereocenters. The van der Waals surface area contributed by atoms with Crippen molar-refractivity contribution < 1.29 is 9.53 Å². The zero-order valence-corrected chi connectivity index (χ0v) is 7.30. The van der Waals surface area contributed by atoms with Gasteiger partial charge in [0.25, 0.3) is 0 Å². The Hall–Kier alpha value is -0.530. The van der Waals surface area contributed by atoms with Gasteiger partial charge in [-0.2, -0.15) is 0 Å². The van der Waals surface area contributed by atoms with E-state index in [-0.39, 0.29) is 12.1 Å². The Labute approximate surface area is 67.9 Å². The third-order valence-electron chi connectivity index (χ3n) is 2.30. The molecule has 1 saturated carbocycles. The number of ether oxygens (including phenoxy) is 1. The molecule has 0 N–H and O–H groups in total. The predicted octanol–water partition coefficient (Wildman–Crippen LogP) is 2.13. The second kappa shape index (κ2) is 3.74. The molecule has 64 valence electrons. The number of rotatable bonds is 1. The van der Waals surface area contributed by atoms with Gasteiger partial charge in [-0.3, -0.25) is 4.79 Å². The van der Waals surface area contributed by atoms with E-state index in [4.69, 9.17) is 4.74 Å². The third kappa shape index (κ3) is 2.91. The molecular formula is C9H16O2. The molecule has 0 unspecified atom stereocenters. The van der Waals surface area contributed by atoms with Crippen LogP contribution >= 0.6 is 0 Å². The molecule has 0 heterocycles. The molecule has 0 aromatic heterocycles. The second-order valence-electron chi connectivity index (χ2n) is 3.49. The monoisotopic (exact) mass is 156 g/mol. The SMILES string of the molecule is CC(=O)O[C@H]1CC[C@@H](C)CC1. The van der Waals surface area contributed by atoms with Gasteiger partial charge in [0.2, 0.25) is 0 Å². The van der Waals surface area contributed by atoms with Gasteiger partial charge in [-0.25, -0.2) is 0 Å². The molecule has 0 aromatic carbocycles. The standard InChI is InChI=1S/C9H16O2/c1-7-3-5-9(6-4-7)11-8(2)10/h7,9H,3-6H2,1-2H3/t7-,9+. The molecule has 0 amide bonds. The Bertz CT molecular complexity index is 134. The maximum absolute atomic E-state index is 10.6. The first-order chi connectivity index (χ1) is 5.18. The van der Waals surface area contributed by atoms with Crippen molar-refractivity contribution in [2.75, 3.05) is 0 Å². The van der Waals surface area contributed by atoms with E-state index in [1.165, 1.54) is 19.8 Å². The minimum absolute atomic E-state index is 0.135. The number of carbonyl (C=O) groups excluding carboxylic acids is 1. The third-order valence-corrected chi connectivity index (χ3v) is 2.30. The van der Waals surface area contributed by atoms with Gasteiger partial charge >= 0.3 is 5.97 Å². The zero-order valence-electron chi connectivity index (χ0n) is 7.30. The van der Waals surface area contributed by atoms with Crippen LogP contribution < -0.4 is 0 Å². The van der Waals surface area contributed by atoms with E-state index >= 15 is 0 Å². The Morgan fingerprint density at radius 2 is 1.82 bits per heavy atom. The first-order valence-corrected chi connectivity index (χ1v) is 4.35. The minimum Gasteiger partial charge on any atom is -0.463 e. The van der Waals surface area contributed by atoms with Gasteiger partial charge in [0.05, 0.1) is 0 Å². The molecule has 0 aliphatic heterocycles. The first-order valence-electron chi connectivity index (χ1n) is 4.35. The zero-order chi connectivity index (χ0) is 8.27. The lowest BCUT2D eigenvalue weighted by Gasteiger charge is -2.25. The van der Waals surface area contributed by atoms with Crippen LogP contribution in [0.4, 0.5) is 0 Å². The van der Waals surface area contributed by atoms with E-state index < -0.39 is 0 Å². The van der Waals surface area contributed by atoms with E-state index in [2.05, 4.69) is 6.92 Å². The van der Waals surface area contributed by atoms with Gasteiger partial charge in [-0.15, -0.1) is 0 Å². The summed E-state index contributed by atoms with van der Waals surface area (Å²) in [5, 5.41) is 0. The fraction of sp³-hybridized carbons (Fsp3) is 0.889. The second-order valence-corrected chi connectivity index (χ2v) is 3.49. The smallest absolute Gasteiger partial charge is 0.302 e. The van der Waals surface area contributed by atoms with Gasteiger partial charge in [-0.05, 0) is 31.6 Å². The predicted molar refractivity (Wildman–Crippen MR) is 43.2 cm³/mol. The van der Waals surface area contributed by atoms with Crippen molar-refractivity contribution in [2.24, 2.45) is 5.92 Å². The quantitative estimate of drug-likeness (QED) is 0.543. The summed E-state index contributed by atoms with van der Waals surface area (Å²) < 4.78 is 5.10. The van der Waals surface area contributed by atoms with Gasteiger partial charge in [0, 0.05) is 6.92 Å². The largest absolute Gasteiger partial charge is 0.463 e. The highest BCUT2D eigenvalue weighted by Gasteiger charge is 2.19. The summed E-state index contributed by atoms with van der Waals surface area (Å²) in [6.45, 7) is 3.74. The van der Waals surface area contributed by atoms with Crippen LogP contribution in [0.1, 0.15) is 39.5 Å². The normalized spacial score (nSPS) is 31.5. The van der Waals surface area contributed by atoms with E-state index in [1.807, 2.05) is 0 Å². The van der Waals surface area contributed by atoms with Crippen LogP contribution in [0.5, 0.6) is 0 Å². The van der Waals surface area contributed by atoms with Crippen molar-refractivity contribution in [1.29, 1.82) is 0 Å². The van der Waals surface area contributed by atoms with E-state index in [1.54, 1.807) is 0 Å². The van der Waals surface area contributed by atoms with Crippen molar-refractivity contribution >= 4 is 5.97 Å². The van der Waals surface area contributed by atoms with Crippen molar-refractivity contribution in [3.63, 3.8) is 0 Å². The number of hydrogen-bond donors (Lipinski definition) is 0. The van der Waals surface area contributed by atoms with Crippen molar-refractivity contribution in [3.05, 3.63) is 0 Å². The maximum atomic E-state index is 10.6. The van der Waals surface area contributed by atoms with Crippen LogP contribution in [-0.2, 0) is 9.53 Å². The summed E-state index contributed by atoms with van der Waals surface area (Å²) in [6, 6.07) is 0. The lowest BCUT2D eigenvalue weighted by Crippen LogP contribution is -2.22. The van der Waals surface area contributed by atoms with Gasteiger partial charge in [0.15, 0.2) is 0 Å². The molecule has 0 radical (unpaired) electrons. The summed E-state index contributed by atoms with van der Waals surface area (Å²) in [4.78, 5) is 10.6. The average Bonchev–Trinajstić information content (AvgIpc) is 1.93. The molecular weight excluding hydrogens is 140 g/mol. The van der Waals surface area contributed by atoms with Crippen LogP contribution in [0, 0.1) is 5.92 Å².